The van der Waals surface area contributed by atoms with E-state index in [0.717, 1.165) is 15.8 Å². The summed E-state index contributed by atoms with van der Waals surface area (Å²) in [4.78, 5) is 32.4. The number of Topliss-reactive ketones (excluding diaryl/α,β-unsaturated/α-hetero) is 1. The summed E-state index contributed by atoms with van der Waals surface area (Å²) in [6, 6.07) is 20.6. The largest absolute Gasteiger partial charge is 0.507 e. The number of carbonyl (C=O) groups excluding carboxylic acids is 2. The number of anilines is 1. The second-order valence-corrected chi connectivity index (χ2v) is 9.00. The molecule has 1 aliphatic heterocycles. The third-order valence-corrected chi connectivity index (χ3v) is 6.65. The molecule has 0 bridgehead atoms. The van der Waals surface area contributed by atoms with Crippen molar-refractivity contribution < 1.29 is 14.7 Å². The molecule has 0 radical (unpaired) electrons. The number of benzene rings is 3. The number of ketones is 1. The van der Waals surface area contributed by atoms with E-state index in [-0.39, 0.29) is 11.3 Å². The number of nitrogens with zero attached hydrogens (tertiary/aromatic N) is 2. The van der Waals surface area contributed by atoms with Gasteiger partial charge in [-0.3, -0.25) is 14.5 Å². The van der Waals surface area contributed by atoms with Crippen LogP contribution in [0.15, 0.2) is 78.4 Å². The van der Waals surface area contributed by atoms with E-state index in [1.165, 1.54) is 16.2 Å². The summed E-state index contributed by atoms with van der Waals surface area (Å²) in [6.45, 7) is 1.98. The number of aromatic nitrogens is 1. The number of fused-ring (bicyclic) bond motifs is 1. The van der Waals surface area contributed by atoms with E-state index in [4.69, 9.17) is 11.6 Å². The molecule has 0 saturated carbocycles. The first kappa shape index (κ1) is 20.4. The molecule has 1 aromatic heterocycles. The molecule has 3 aromatic carbocycles. The molecule has 5 nitrogen and oxygen atoms in total. The highest BCUT2D eigenvalue weighted by Crippen LogP contribution is 2.44. The van der Waals surface area contributed by atoms with Crippen molar-refractivity contribution in [1.82, 2.24) is 4.98 Å². The predicted molar refractivity (Wildman–Crippen MR) is 127 cm³/mol. The van der Waals surface area contributed by atoms with Gasteiger partial charge in [-0.2, -0.15) is 0 Å². The Morgan fingerprint density at radius 1 is 1.03 bits per heavy atom. The van der Waals surface area contributed by atoms with Crippen molar-refractivity contribution in [1.29, 1.82) is 0 Å². The van der Waals surface area contributed by atoms with Gasteiger partial charge in [0.15, 0.2) is 5.13 Å². The minimum Gasteiger partial charge on any atom is -0.507 e. The quantitative estimate of drug-likeness (QED) is 0.235. The van der Waals surface area contributed by atoms with Gasteiger partial charge in [0.1, 0.15) is 5.76 Å². The van der Waals surface area contributed by atoms with Crippen molar-refractivity contribution in [2.45, 2.75) is 13.0 Å². The summed E-state index contributed by atoms with van der Waals surface area (Å²) in [6.07, 6.45) is 0. The Labute approximate surface area is 193 Å². The van der Waals surface area contributed by atoms with Crippen LogP contribution in [-0.4, -0.2) is 21.8 Å². The Hall–Kier alpha value is -3.48. The van der Waals surface area contributed by atoms with E-state index in [0.29, 0.717) is 21.3 Å². The molecular formula is C25H17ClN2O3S. The van der Waals surface area contributed by atoms with Crippen molar-refractivity contribution >= 4 is 55.7 Å². The smallest absolute Gasteiger partial charge is 0.301 e. The maximum Gasteiger partial charge on any atom is 0.301 e. The molecular weight excluding hydrogens is 444 g/mol. The third-order valence-electron chi connectivity index (χ3n) is 5.39. The van der Waals surface area contributed by atoms with Crippen LogP contribution in [0.4, 0.5) is 5.13 Å². The number of amides is 1. The number of aliphatic hydroxyl groups excluding tert-OH is 1. The molecule has 1 saturated heterocycles. The zero-order valence-electron chi connectivity index (χ0n) is 16.9. The lowest BCUT2D eigenvalue weighted by Crippen LogP contribution is -2.29. The number of halogens is 1. The first-order valence-electron chi connectivity index (χ1n) is 9.93. The topological polar surface area (TPSA) is 70.5 Å². The standard InChI is InChI=1S/C25H17ClN2O3S/c1-14-10-11-18-19(12-14)32-25(27-18)28-21(16-8-5-9-17(26)13-16)20(23(30)24(28)31)22(29)15-6-3-2-4-7-15/h2-13,21,29H,1H3/b22-20+. The number of hydrogen-bond acceptors (Lipinski definition) is 5. The van der Waals surface area contributed by atoms with Crippen LogP contribution >= 0.6 is 22.9 Å². The Morgan fingerprint density at radius 2 is 1.81 bits per heavy atom. The Morgan fingerprint density at radius 3 is 2.56 bits per heavy atom. The number of thiazole rings is 1. The normalized spacial score (nSPS) is 17.9. The molecule has 158 valence electrons. The van der Waals surface area contributed by atoms with E-state index in [1.807, 2.05) is 31.2 Å². The molecule has 1 unspecified atom stereocenters. The van der Waals surface area contributed by atoms with Crippen LogP contribution < -0.4 is 4.90 Å². The summed E-state index contributed by atoms with van der Waals surface area (Å²) in [5.41, 5.74) is 2.90. The summed E-state index contributed by atoms with van der Waals surface area (Å²) >= 11 is 7.57. The molecule has 1 atom stereocenters. The van der Waals surface area contributed by atoms with Crippen LogP contribution in [0.3, 0.4) is 0 Å². The summed E-state index contributed by atoms with van der Waals surface area (Å²) < 4.78 is 0.912. The highest BCUT2D eigenvalue weighted by atomic mass is 35.5. The van der Waals surface area contributed by atoms with Gasteiger partial charge in [-0.05, 0) is 42.3 Å². The summed E-state index contributed by atoms with van der Waals surface area (Å²) in [5, 5.41) is 11.9. The zero-order chi connectivity index (χ0) is 22.4. The molecule has 0 spiro atoms. The van der Waals surface area contributed by atoms with E-state index < -0.39 is 17.7 Å². The zero-order valence-corrected chi connectivity index (χ0v) is 18.5. The molecule has 1 N–H and O–H groups in total. The Kier molecular flexibility index (Phi) is 5.04. The number of rotatable bonds is 3. The molecule has 1 fully saturated rings. The van der Waals surface area contributed by atoms with Gasteiger partial charge in [0.2, 0.25) is 0 Å². The van der Waals surface area contributed by atoms with Crippen LogP contribution in [0.2, 0.25) is 5.02 Å². The van der Waals surface area contributed by atoms with Gasteiger partial charge in [0.25, 0.3) is 5.78 Å². The fourth-order valence-electron chi connectivity index (χ4n) is 3.90. The lowest BCUT2D eigenvalue weighted by atomic mass is 9.95. The predicted octanol–water partition coefficient (Wildman–Crippen LogP) is 5.88. The van der Waals surface area contributed by atoms with Crippen molar-refractivity contribution in [2.24, 2.45) is 0 Å². The van der Waals surface area contributed by atoms with Crippen LogP contribution in [-0.2, 0) is 9.59 Å². The average molecular weight is 461 g/mol. The van der Waals surface area contributed by atoms with Crippen LogP contribution in [0, 0.1) is 6.92 Å². The lowest BCUT2D eigenvalue weighted by Gasteiger charge is -2.23. The van der Waals surface area contributed by atoms with E-state index >= 15 is 0 Å². The summed E-state index contributed by atoms with van der Waals surface area (Å²) in [5.74, 6) is -1.72. The van der Waals surface area contributed by atoms with Gasteiger partial charge in [-0.15, -0.1) is 0 Å². The average Bonchev–Trinajstić information content (AvgIpc) is 3.32. The van der Waals surface area contributed by atoms with E-state index in [1.54, 1.807) is 48.5 Å². The van der Waals surface area contributed by atoms with Crippen molar-refractivity contribution in [3.8, 4) is 0 Å². The summed E-state index contributed by atoms with van der Waals surface area (Å²) in [7, 11) is 0. The molecule has 4 aromatic rings. The maximum atomic E-state index is 13.2. The number of aryl methyl sites for hydroxylation is 1. The van der Waals surface area contributed by atoms with Crippen LogP contribution in [0.1, 0.15) is 22.7 Å². The SMILES string of the molecule is Cc1ccc2nc(N3C(=O)C(=O)/C(=C(/O)c4ccccc4)C3c3cccc(Cl)c3)sc2c1. The molecule has 0 aliphatic carbocycles. The maximum absolute atomic E-state index is 13.2. The first-order valence-corrected chi connectivity index (χ1v) is 11.1. The van der Waals surface area contributed by atoms with E-state index in [2.05, 4.69) is 4.98 Å². The lowest BCUT2D eigenvalue weighted by molar-refractivity contribution is -0.132. The van der Waals surface area contributed by atoms with Crippen LogP contribution in [0.5, 0.6) is 0 Å². The van der Waals surface area contributed by atoms with Crippen molar-refractivity contribution in [2.75, 3.05) is 4.90 Å². The minimum absolute atomic E-state index is 0.0129. The fourth-order valence-corrected chi connectivity index (χ4v) is 5.19. The highest BCUT2D eigenvalue weighted by Gasteiger charge is 2.48. The number of aliphatic hydroxyl groups is 1. The third kappa shape index (κ3) is 3.38. The van der Waals surface area contributed by atoms with Gasteiger partial charge < -0.3 is 5.11 Å². The Bertz CT molecular complexity index is 1410. The minimum atomic E-state index is -0.851. The Balaban J connectivity index is 1.75. The second-order valence-electron chi connectivity index (χ2n) is 7.56. The van der Waals surface area contributed by atoms with E-state index in [9.17, 15) is 14.7 Å². The van der Waals surface area contributed by atoms with Gasteiger partial charge in [0.05, 0.1) is 21.8 Å². The fraction of sp³-hybridized carbons (Fsp3) is 0.0800. The number of carbonyl (C=O) groups is 2. The van der Waals surface area contributed by atoms with Crippen molar-refractivity contribution in [3.63, 3.8) is 0 Å². The molecule has 7 heteroatoms. The first-order chi connectivity index (χ1) is 15.4. The van der Waals surface area contributed by atoms with Gasteiger partial charge in [0, 0.05) is 10.6 Å². The molecule has 32 heavy (non-hydrogen) atoms. The van der Waals surface area contributed by atoms with Gasteiger partial charge in [-0.25, -0.2) is 4.98 Å². The molecule has 1 aliphatic rings. The second kappa shape index (κ2) is 7.89. The molecule has 1 amide bonds. The monoisotopic (exact) mass is 460 g/mol. The van der Waals surface area contributed by atoms with Crippen LogP contribution in [0.25, 0.3) is 16.0 Å². The number of hydrogen-bond donors (Lipinski definition) is 1. The van der Waals surface area contributed by atoms with Gasteiger partial charge >= 0.3 is 5.91 Å². The van der Waals surface area contributed by atoms with Crippen molar-refractivity contribution in [3.05, 3.63) is 100 Å². The molecule has 2 heterocycles. The van der Waals surface area contributed by atoms with Gasteiger partial charge in [-0.1, -0.05) is 71.5 Å². The highest BCUT2D eigenvalue weighted by molar-refractivity contribution is 7.22. The molecule has 5 rings (SSSR count).